The van der Waals surface area contributed by atoms with Crippen molar-refractivity contribution >= 4 is 5.97 Å². The zero-order valence-electron chi connectivity index (χ0n) is 14.1. The van der Waals surface area contributed by atoms with Crippen molar-refractivity contribution in [3.05, 3.63) is 67.8 Å². The maximum absolute atomic E-state index is 11.6. The highest BCUT2D eigenvalue weighted by molar-refractivity contribution is 5.81. The van der Waals surface area contributed by atoms with Crippen LogP contribution in [0.3, 0.4) is 0 Å². The van der Waals surface area contributed by atoms with Gasteiger partial charge in [-0.05, 0) is 35.4 Å². The minimum absolute atomic E-state index is 0.264. The van der Waals surface area contributed by atoms with E-state index in [1.165, 1.54) is 6.92 Å². The molecular formula is C17H14N2O8. The van der Waals surface area contributed by atoms with Gasteiger partial charge in [-0.2, -0.15) is 0 Å². The maximum Gasteiger partial charge on any atom is 0.344 e. The molecule has 10 heteroatoms. The number of hydrogen-bond acceptors (Lipinski definition) is 8. The Kier molecular flexibility index (Phi) is 4.88. The number of fused-ring (bicyclic) bond motifs is 3. The third-order valence-corrected chi connectivity index (χ3v) is 3.86. The van der Waals surface area contributed by atoms with Gasteiger partial charge >= 0.3 is 19.4 Å². The second-order valence-corrected chi connectivity index (χ2v) is 5.70. The lowest BCUT2D eigenvalue weighted by Gasteiger charge is -2.15. The van der Waals surface area contributed by atoms with Gasteiger partial charge in [0.2, 0.25) is 0 Å². The van der Waals surface area contributed by atoms with E-state index in [1.807, 2.05) is 0 Å². The van der Waals surface area contributed by atoms with E-state index in [0.29, 0.717) is 11.1 Å². The molecule has 2 aromatic carbocycles. The van der Waals surface area contributed by atoms with Gasteiger partial charge in [-0.25, -0.2) is 0 Å². The summed E-state index contributed by atoms with van der Waals surface area (Å²) in [5.74, 6) is 0.00694. The average molecular weight is 374 g/mol. The highest BCUT2D eigenvalue weighted by Crippen LogP contribution is 2.47. The van der Waals surface area contributed by atoms with Crippen LogP contribution in [0.15, 0.2) is 36.4 Å². The molecule has 140 valence electrons. The summed E-state index contributed by atoms with van der Waals surface area (Å²) in [4.78, 5) is 31.3. The molecule has 0 aromatic heterocycles. The molecule has 0 radical (unpaired) electrons. The molecule has 10 nitrogen and oxygen atoms in total. The van der Waals surface area contributed by atoms with Crippen molar-refractivity contribution in [1.82, 2.24) is 0 Å². The van der Waals surface area contributed by atoms with Gasteiger partial charge in [0.1, 0.15) is 11.5 Å². The molecule has 0 fully saturated rings. The summed E-state index contributed by atoms with van der Waals surface area (Å²) < 4.78 is 15.6. The van der Waals surface area contributed by atoms with Gasteiger partial charge in [0.25, 0.3) is 0 Å². The number of esters is 1. The first-order valence-corrected chi connectivity index (χ1v) is 7.80. The van der Waals surface area contributed by atoms with Crippen LogP contribution >= 0.6 is 0 Å². The van der Waals surface area contributed by atoms with E-state index in [4.69, 9.17) is 14.2 Å². The molecule has 0 N–H and O–H groups in total. The Hall–Kier alpha value is -3.69. The maximum atomic E-state index is 11.6. The Morgan fingerprint density at radius 1 is 0.926 bits per heavy atom. The highest BCUT2D eigenvalue weighted by Gasteiger charge is 2.32. The molecule has 0 amide bonds. The van der Waals surface area contributed by atoms with Gasteiger partial charge in [0.15, 0.2) is 6.10 Å². The molecule has 0 spiro atoms. The summed E-state index contributed by atoms with van der Waals surface area (Å²) in [6.45, 7) is -0.121. The van der Waals surface area contributed by atoms with Crippen LogP contribution in [0.2, 0.25) is 0 Å². The van der Waals surface area contributed by atoms with E-state index in [1.54, 1.807) is 36.4 Å². The van der Waals surface area contributed by atoms with Crippen LogP contribution in [0.25, 0.3) is 11.1 Å². The normalized spacial score (nSPS) is 12.0. The fourth-order valence-corrected chi connectivity index (χ4v) is 2.90. The number of hydrogen-bond donors (Lipinski definition) is 0. The first-order chi connectivity index (χ1) is 12.8. The Morgan fingerprint density at radius 2 is 1.37 bits per heavy atom. The lowest BCUT2D eigenvalue weighted by molar-refractivity contribution is -0.514. The molecule has 27 heavy (non-hydrogen) atoms. The fraction of sp³-hybridized carbons (Fsp3) is 0.235. The number of carbonyl (C=O) groups is 1. The summed E-state index contributed by atoms with van der Waals surface area (Å²) in [6.07, 6.45) is -0.772. The van der Waals surface area contributed by atoms with Crippen molar-refractivity contribution in [2.24, 2.45) is 0 Å². The molecule has 2 aromatic rings. The molecule has 0 unspecified atom stereocenters. The van der Waals surface area contributed by atoms with E-state index in [2.05, 4.69) is 0 Å². The Labute approximate surface area is 152 Å². The topological polar surface area (TPSA) is 131 Å². The smallest absolute Gasteiger partial charge is 0.344 e. The molecular weight excluding hydrogens is 360 g/mol. The first-order valence-electron chi connectivity index (χ1n) is 7.80. The third-order valence-electron chi connectivity index (χ3n) is 3.86. The van der Waals surface area contributed by atoms with Gasteiger partial charge in [-0.15, -0.1) is 0 Å². The van der Waals surface area contributed by atoms with Crippen molar-refractivity contribution in [1.29, 1.82) is 0 Å². The standard InChI is InChI=1S/C17H14N2O8/c1-10(20)27-17-15-6-11(25-8-18(21)22)2-4-13(15)14-5-3-12(7-16(14)17)26-9-19(23)24/h2-7,17H,8-9H2,1H3. The molecule has 1 aliphatic rings. The van der Waals surface area contributed by atoms with Crippen LogP contribution in [-0.4, -0.2) is 29.3 Å². The average Bonchev–Trinajstić information content (AvgIpc) is 2.90. The quantitative estimate of drug-likeness (QED) is 0.313. The van der Waals surface area contributed by atoms with Crippen molar-refractivity contribution in [3.8, 4) is 22.6 Å². The van der Waals surface area contributed by atoms with Crippen LogP contribution in [-0.2, 0) is 9.53 Å². The number of nitrogens with zero attached hydrogens (tertiary/aromatic N) is 2. The number of carbonyl (C=O) groups excluding carboxylic acids is 1. The van der Waals surface area contributed by atoms with Crippen LogP contribution < -0.4 is 9.47 Å². The zero-order valence-corrected chi connectivity index (χ0v) is 14.1. The van der Waals surface area contributed by atoms with Crippen molar-refractivity contribution < 1.29 is 28.9 Å². The summed E-state index contributed by atoms with van der Waals surface area (Å²) in [5, 5.41) is 21.0. The predicted molar refractivity (Wildman–Crippen MR) is 90.5 cm³/mol. The van der Waals surface area contributed by atoms with Gasteiger partial charge in [-0.3, -0.25) is 25.0 Å². The van der Waals surface area contributed by atoms with Crippen molar-refractivity contribution in [2.75, 3.05) is 13.5 Å². The molecule has 1 aliphatic carbocycles. The minimum atomic E-state index is -0.772. The summed E-state index contributed by atoms with van der Waals surface area (Å²) in [5.41, 5.74) is 2.75. The molecule has 0 bridgehead atoms. The minimum Gasteiger partial charge on any atom is -0.453 e. The van der Waals surface area contributed by atoms with Gasteiger partial charge in [0, 0.05) is 18.1 Å². The molecule has 0 atom stereocenters. The zero-order chi connectivity index (χ0) is 19.6. The summed E-state index contributed by atoms with van der Waals surface area (Å²) in [6, 6.07) is 9.74. The first kappa shape index (κ1) is 18.1. The van der Waals surface area contributed by atoms with E-state index in [0.717, 1.165) is 11.1 Å². The number of benzene rings is 2. The lowest BCUT2D eigenvalue weighted by Crippen LogP contribution is -2.10. The number of rotatable bonds is 7. The van der Waals surface area contributed by atoms with E-state index in [-0.39, 0.29) is 11.5 Å². The Morgan fingerprint density at radius 3 is 1.74 bits per heavy atom. The lowest BCUT2D eigenvalue weighted by atomic mass is 10.1. The largest absolute Gasteiger partial charge is 0.453 e. The van der Waals surface area contributed by atoms with Crippen molar-refractivity contribution in [2.45, 2.75) is 13.0 Å². The molecule has 0 saturated heterocycles. The van der Waals surface area contributed by atoms with Crippen LogP contribution in [0.1, 0.15) is 24.2 Å². The fourth-order valence-electron chi connectivity index (χ4n) is 2.90. The van der Waals surface area contributed by atoms with E-state index >= 15 is 0 Å². The molecule has 0 aliphatic heterocycles. The molecule has 0 saturated carbocycles. The Balaban J connectivity index is 1.97. The van der Waals surface area contributed by atoms with Gasteiger partial charge in [-0.1, -0.05) is 12.1 Å². The SMILES string of the molecule is CC(=O)OC1c2cc(OC[N+](=O)[O-])ccc2-c2ccc(OC[N+](=O)[O-])cc21. The monoisotopic (exact) mass is 374 g/mol. The van der Waals surface area contributed by atoms with Crippen LogP contribution in [0.5, 0.6) is 11.5 Å². The highest BCUT2D eigenvalue weighted by atomic mass is 16.7. The second-order valence-electron chi connectivity index (χ2n) is 5.70. The van der Waals surface area contributed by atoms with Gasteiger partial charge in [0.05, 0.1) is 9.85 Å². The number of ether oxygens (including phenoxy) is 3. The second kappa shape index (κ2) is 7.28. The summed E-state index contributed by atoms with van der Waals surface area (Å²) in [7, 11) is 0. The molecule has 3 rings (SSSR count). The van der Waals surface area contributed by atoms with E-state index < -0.39 is 35.4 Å². The van der Waals surface area contributed by atoms with Gasteiger partial charge < -0.3 is 14.2 Å². The predicted octanol–water partition coefficient (Wildman–Crippen LogP) is 2.55. The third kappa shape index (κ3) is 3.94. The molecule has 0 heterocycles. The van der Waals surface area contributed by atoms with Crippen LogP contribution in [0.4, 0.5) is 0 Å². The summed E-state index contributed by atoms with van der Waals surface area (Å²) >= 11 is 0. The van der Waals surface area contributed by atoms with Crippen molar-refractivity contribution in [3.63, 3.8) is 0 Å². The van der Waals surface area contributed by atoms with E-state index in [9.17, 15) is 25.0 Å². The number of nitro groups is 2. The van der Waals surface area contributed by atoms with Crippen LogP contribution in [0, 0.1) is 20.2 Å². The Bertz CT molecular complexity index is 860.